The Morgan fingerprint density at radius 2 is 1.47 bits per heavy atom. The molecule has 0 saturated carbocycles. The molecule has 0 heterocycles. The number of hydrogen-bond acceptors (Lipinski definition) is 3. The molecule has 166 valence electrons. The van der Waals surface area contributed by atoms with Crippen molar-refractivity contribution in [3.63, 3.8) is 0 Å². The van der Waals surface area contributed by atoms with Crippen molar-refractivity contribution in [3.8, 4) is 5.75 Å². The Hall–Kier alpha value is -1.43. The molecule has 0 radical (unpaired) electrons. The number of rotatable bonds is 12. The quantitative estimate of drug-likeness (QED) is 0.315. The summed E-state index contributed by atoms with van der Waals surface area (Å²) in [6.07, 6.45) is 9.63. The van der Waals surface area contributed by atoms with E-state index in [0.717, 1.165) is 19.3 Å². The summed E-state index contributed by atoms with van der Waals surface area (Å²) in [4.78, 5) is 0.131. The van der Waals surface area contributed by atoms with Gasteiger partial charge < -0.3 is 5.11 Å². The van der Waals surface area contributed by atoms with E-state index in [9.17, 15) is 13.5 Å². The molecule has 30 heavy (non-hydrogen) atoms. The highest BCUT2D eigenvalue weighted by atomic mass is 35.5. The maximum atomic E-state index is 12.8. The zero-order valence-electron chi connectivity index (χ0n) is 17.7. The molecule has 0 saturated heterocycles. The van der Waals surface area contributed by atoms with Crippen LogP contribution in [0.3, 0.4) is 0 Å². The number of anilines is 1. The summed E-state index contributed by atoms with van der Waals surface area (Å²) in [6, 6.07) is 8.08. The molecule has 0 aromatic heterocycles. The Morgan fingerprint density at radius 3 is 2.07 bits per heavy atom. The fourth-order valence-corrected chi connectivity index (χ4v) is 5.12. The first kappa shape index (κ1) is 24.8. The Balaban J connectivity index is 2.17. The molecule has 0 aliphatic carbocycles. The zero-order chi connectivity index (χ0) is 22.1. The van der Waals surface area contributed by atoms with Crippen LogP contribution in [0, 0.1) is 6.92 Å². The van der Waals surface area contributed by atoms with Gasteiger partial charge in [-0.25, -0.2) is 8.42 Å². The Kier molecular flexibility index (Phi) is 9.79. The summed E-state index contributed by atoms with van der Waals surface area (Å²) in [5, 5.41) is 11.0. The topological polar surface area (TPSA) is 66.4 Å². The largest absolute Gasteiger partial charge is 0.506 e. The van der Waals surface area contributed by atoms with Crippen LogP contribution in [0.25, 0.3) is 0 Å². The Labute approximate surface area is 190 Å². The van der Waals surface area contributed by atoms with E-state index in [0.29, 0.717) is 17.5 Å². The summed E-state index contributed by atoms with van der Waals surface area (Å²) in [5.41, 5.74) is 1.10. The van der Waals surface area contributed by atoms with Gasteiger partial charge in [-0.1, -0.05) is 93.3 Å². The summed E-state index contributed by atoms with van der Waals surface area (Å²) in [6.45, 7) is 3.86. The predicted octanol–water partition coefficient (Wildman–Crippen LogP) is 7.49. The van der Waals surface area contributed by atoms with Crippen LogP contribution in [0.5, 0.6) is 5.75 Å². The minimum Gasteiger partial charge on any atom is -0.506 e. The molecule has 0 aliphatic heterocycles. The molecule has 0 bridgehead atoms. The van der Waals surface area contributed by atoms with Crippen molar-refractivity contribution in [2.24, 2.45) is 0 Å². The molecule has 0 amide bonds. The third kappa shape index (κ3) is 6.53. The lowest BCUT2D eigenvalue weighted by Crippen LogP contribution is -2.15. The Bertz CT molecular complexity index is 931. The van der Waals surface area contributed by atoms with Gasteiger partial charge in [0.15, 0.2) is 0 Å². The first-order chi connectivity index (χ1) is 14.3. The van der Waals surface area contributed by atoms with Crippen molar-refractivity contribution in [1.82, 2.24) is 0 Å². The number of nitrogens with one attached hydrogen (secondary N) is 1. The van der Waals surface area contributed by atoms with Gasteiger partial charge in [-0.05, 0) is 37.5 Å². The van der Waals surface area contributed by atoms with Gasteiger partial charge >= 0.3 is 0 Å². The first-order valence-corrected chi connectivity index (χ1v) is 12.8. The number of phenols is 1. The van der Waals surface area contributed by atoms with Crippen molar-refractivity contribution < 1.29 is 13.5 Å². The van der Waals surface area contributed by atoms with Crippen LogP contribution in [0.15, 0.2) is 35.2 Å². The van der Waals surface area contributed by atoms with Gasteiger partial charge in [-0.15, -0.1) is 0 Å². The number of benzene rings is 2. The third-order valence-electron chi connectivity index (χ3n) is 5.24. The van der Waals surface area contributed by atoms with Crippen molar-refractivity contribution in [2.75, 3.05) is 4.72 Å². The first-order valence-electron chi connectivity index (χ1n) is 10.6. The lowest BCUT2D eigenvalue weighted by atomic mass is 10.0. The third-order valence-corrected chi connectivity index (χ3v) is 7.54. The van der Waals surface area contributed by atoms with E-state index in [4.69, 9.17) is 23.2 Å². The van der Waals surface area contributed by atoms with Crippen LogP contribution in [0.1, 0.15) is 69.4 Å². The van der Waals surface area contributed by atoms with Crippen LogP contribution in [-0.4, -0.2) is 13.5 Å². The SMILES string of the molecule is CCCCCCCCCCc1c(O)c(Cl)c(C)c(Cl)c1NS(=O)(=O)c1ccccc1. The smallest absolute Gasteiger partial charge is 0.261 e. The summed E-state index contributed by atoms with van der Waals surface area (Å²) >= 11 is 12.7. The van der Waals surface area contributed by atoms with Gasteiger partial charge in [0.2, 0.25) is 0 Å². The molecule has 2 rings (SSSR count). The van der Waals surface area contributed by atoms with E-state index in [-0.39, 0.29) is 26.4 Å². The molecular weight excluding hydrogens is 441 g/mol. The van der Waals surface area contributed by atoms with Crippen LogP contribution in [0.4, 0.5) is 5.69 Å². The molecule has 2 aromatic rings. The number of aromatic hydroxyl groups is 1. The fraction of sp³-hybridized carbons (Fsp3) is 0.478. The van der Waals surface area contributed by atoms with Gasteiger partial charge in [-0.3, -0.25) is 4.72 Å². The zero-order valence-corrected chi connectivity index (χ0v) is 20.0. The minimum absolute atomic E-state index is 0.104. The average molecular weight is 472 g/mol. The number of halogens is 2. The van der Waals surface area contributed by atoms with E-state index in [1.54, 1.807) is 25.1 Å². The second kappa shape index (κ2) is 11.8. The Morgan fingerprint density at radius 1 is 0.900 bits per heavy atom. The van der Waals surface area contributed by atoms with E-state index in [2.05, 4.69) is 11.6 Å². The molecular formula is C23H31Cl2NO3S. The molecule has 0 aliphatic rings. The summed E-state index contributed by atoms with van der Waals surface area (Å²) < 4.78 is 28.2. The normalized spacial score (nSPS) is 11.6. The molecule has 0 atom stereocenters. The number of phenolic OH excluding ortho intramolecular Hbond substituents is 1. The van der Waals surface area contributed by atoms with Gasteiger partial charge in [-0.2, -0.15) is 0 Å². The minimum atomic E-state index is -3.84. The van der Waals surface area contributed by atoms with Crippen molar-refractivity contribution in [3.05, 3.63) is 51.5 Å². The standard InChI is InChI=1S/C23H31Cl2NO3S/c1-3-4-5-6-7-8-9-13-16-19-22(20(24)17(2)21(25)23(19)27)26-30(28,29)18-14-11-10-12-15-18/h10-12,14-15,26-27H,3-9,13,16H2,1-2H3. The second-order valence-electron chi connectivity index (χ2n) is 7.60. The van der Waals surface area contributed by atoms with Crippen LogP contribution >= 0.6 is 23.2 Å². The average Bonchev–Trinajstić information content (AvgIpc) is 2.74. The predicted molar refractivity (Wildman–Crippen MR) is 126 cm³/mol. The molecule has 4 nitrogen and oxygen atoms in total. The maximum absolute atomic E-state index is 12.8. The van der Waals surface area contributed by atoms with Crippen molar-refractivity contribution in [1.29, 1.82) is 0 Å². The fourth-order valence-electron chi connectivity index (χ4n) is 3.42. The number of sulfonamides is 1. The monoisotopic (exact) mass is 471 g/mol. The highest BCUT2D eigenvalue weighted by molar-refractivity contribution is 7.92. The number of hydrogen-bond donors (Lipinski definition) is 2. The molecule has 2 N–H and O–H groups in total. The molecule has 0 spiro atoms. The van der Waals surface area contributed by atoms with E-state index in [1.165, 1.54) is 44.2 Å². The lowest BCUT2D eigenvalue weighted by Gasteiger charge is -2.19. The lowest BCUT2D eigenvalue weighted by molar-refractivity contribution is 0.466. The van der Waals surface area contributed by atoms with Gasteiger partial charge in [0.25, 0.3) is 10.0 Å². The van der Waals surface area contributed by atoms with Crippen LogP contribution in [0.2, 0.25) is 10.0 Å². The van der Waals surface area contributed by atoms with Gasteiger partial charge in [0, 0.05) is 5.56 Å². The molecule has 0 fully saturated rings. The molecule has 7 heteroatoms. The van der Waals surface area contributed by atoms with E-state index >= 15 is 0 Å². The second-order valence-corrected chi connectivity index (χ2v) is 10.0. The van der Waals surface area contributed by atoms with Gasteiger partial charge in [0.1, 0.15) is 5.75 Å². The summed E-state index contributed by atoms with van der Waals surface area (Å²) in [5.74, 6) is -0.104. The maximum Gasteiger partial charge on any atom is 0.261 e. The van der Waals surface area contributed by atoms with Crippen LogP contribution < -0.4 is 4.72 Å². The molecule has 0 unspecified atom stereocenters. The van der Waals surface area contributed by atoms with E-state index in [1.807, 2.05) is 0 Å². The van der Waals surface area contributed by atoms with Crippen molar-refractivity contribution in [2.45, 2.75) is 76.5 Å². The number of unbranched alkanes of at least 4 members (excludes halogenated alkanes) is 7. The summed E-state index contributed by atoms with van der Waals surface area (Å²) in [7, 11) is -3.84. The van der Waals surface area contributed by atoms with Gasteiger partial charge in [0.05, 0.1) is 20.6 Å². The highest BCUT2D eigenvalue weighted by Gasteiger charge is 2.24. The highest BCUT2D eigenvalue weighted by Crippen LogP contribution is 2.44. The molecule has 2 aromatic carbocycles. The van der Waals surface area contributed by atoms with Crippen molar-refractivity contribution >= 4 is 38.9 Å². The van der Waals surface area contributed by atoms with E-state index < -0.39 is 10.0 Å². The van der Waals surface area contributed by atoms with Crippen LogP contribution in [-0.2, 0) is 16.4 Å².